The summed E-state index contributed by atoms with van der Waals surface area (Å²) in [5.74, 6) is 0.110. The van der Waals surface area contributed by atoms with Gasteiger partial charge in [-0.15, -0.1) is 0 Å². The Morgan fingerprint density at radius 1 is 1.39 bits per heavy atom. The van der Waals surface area contributed by atoms with Crippen molar-refractivity contribution in [1.82, 2.24) is 9.78 Å². The third kappa shape index (κ3) is 3.15. The van der Waals surface area contributed by atoms with E-state index in [2.05, 4.69) is 30.2 Å². The van der Waals surface area contributed by atoms with Gasteiger partial charge < -0.3 is 9.64 Å². The van der Waals surface area contributed by atoms with Gasteiger partial charge in [0.1, 0.15) is 0 Å². The topological polar surface area (TPSA) is 47.4 Å². The molecule has 2 aromatic rings. The number of aromatic nitrogens is 2. The molecule has 0 radical (unpaired) electrons. The Balaban J connectivity index is 1.89. The second-order valence-corrected chi connectivity index (χ2v) is 6.11. The smallest absolute Gasteiger partial charge is 0.224 e. The quantitative estimate of drug-likeness (QED) is 0.872. The van der Waals surface area contributed by atoms with Gasteiger partial charge in [0.15, 0.2) is 0 Å². The predicted octanol–water partition coefficient (Wildman–Crippen LogP) is 2.88. The highest BCUT2D eigenvalue weighted by Crippen LogP contribution is 2.34. The number of hydrogen-bond acceptors (Lipinski definition) is 3. The molecule has 3 rings (SSSR count). The van der Waals surface area contributed by atoms with Crippen molar-refractivity contribution in [2.45, 2.75) is 39.3 Å². The molecule has 1 amide bonds. The first kappa shape index (κ1) is 15.7. The fourth-order valence-corrected chi connectivity index (χ4v) is 3.23. The SMILES string of the molecule is COCCn1cc(-c2ccc3c(c2)CC[C@H](C)N3C(C)=O)cn1. The molecule has 1 atom stereocenters. The fourth-order valence-electron chi connectivity index (χ4n) is 3.23. The number of methoxy groups -OCH3 is 1. The van der Waals surface area contributed by atoms with Crippen molar-refractivity contribution < 1.29 is 9.53 Å². The van der Waals surface area contributed by atoms with E-state index in [-0.39, 0.29) is 11.9 Å². The zero-order valence-electron chi connectivity index (χ0n) is 14.0. The second-order valence-electron chi connectivity index (χ2n) is 6.11. The molecule has 1 aromatic carbocycles. The van der Waals surface area contributed by atoms with Crippen molar-refractivity contribution >= 4 is 11.6 Å². The third-order valence-corrected chi connectivity index (χ3v) is 4.44. The minimum absolute atomic E-state index is 0.110. The summed E-state index contributed by atoms with van der Waals surface area (Å²) in [6.45, 7) is 5.14. The van der Waals surface area contributed by atoms with Gasteiger partial charge in [-0.1, -0.05) is 6.07 Å². The molecule has 2 heterocycles. The lowest BCUT2D eigenvalue weighted by molar-refractivity contribution is -0.117. The number of fused-ring (bicyclic) bond motifs is 1. The van der Waals surface area contributed by atoms with Crippen LogP contribution >= 0.6 is 0 Å². The Labute approximate surface area is 136 Å². The summed E-state index contributed by atoms with van der Waals surface area (Å²) in [4.78, 5) is 13.8. The first-order chi connectivity index (χ1) is 11.1. The van der Waals surface area contributed by atoms with Gasteiger partial charge in [-0.05, 0) is 43.0 Å². The molecule has 0 aliphatic carbocycles. The van der Waals surface area contributed by atoms with Crippen LogP contribution in [0, 0.1) is 0 Å². The fraction of sp³-hybridized carbons (Fsp3) is 0.444. The van der Waals surface area contributed by atoms with Crippen LogP contribution < -0.4 is 4.90 Å². The first-order valence-corrected chi connectivity index (χ1v) is 8.04. The monoisotopic (exact) mass is 313 g/mol. The molecule has 0 unspecified atom stereocenters. The first-order valence-electron chi connectivity index (χ1n) is 8.04. The molecule has 0 saturated carbocycles. The van der Waals surface area contributed by atoms with E-state index in [0.29, 0.717) is 6.61 Å². The number of aryl methyl sites for hydroxylation is 1. The molecule has 0 N–H and O–H groups in total. The molecule has 1 aliphatic rings. The van der Waals surface area contributed by atoms with E-state index < -0.39 is 0 Å². The number of hydrogen-bond donors (Lipinski definition) is 0. The van der Waals surface area contributed by atoms with E-state index in [9.17, 15) is 4.79 Å². The van der Waals surface area contributed by atoms with Crippen molar-refractivity contribution in [2.75, 3.05) is 18.6 Å². The van der Waals surface area contributed by atoms with Crippen LogP contribution in [0.25, 0.3) is 11.1 Å². The summed E-state index contributed by atoms with van der Waals surface area (Å²) in [6.07, 6.45) is 5.93. The molecule has 5 heteroatoms. The highest BCUT2D eigenvalue weighted by Gasteiger charge is 2.26. The van der Waals surface area contributed by atoms with E-state index in [1.54, 1.807) is 14.0 Å². The maximum atomic E-state index is 11.9. The van der Waals surface area contributed by atoms with Gasteiger partial charge in [-0.2, -0.15) is 5.10 Å². The van der Waals surface area contributed by atoms with Gasteiger partial charge in [0.25, 0.3) is 0 Å². The van der Waals surface area contributed by atoms with Crippen molar-refractivity contribution in [2.24, 2.45) is 0 Å². The number of anilines is 1. The third-order valence-electron chi connectivity index (χ3n) is 4.44. The Kier molecular flexibility index (Phi) is 4.48. The Morgan fingerprint density at radius 2 is 2.22 bits per heavy atom. The lowest BCUT2D eigenvalue weighted by atomic mass is 9.94. The largest absolute Gasteiger partial charge is 0.383 e. The molecule has 1 aliphatic heterocycles. The number of amides is 1. The predicted molar refractivity (Wildman–Crippen MR) is 90.5 cm³/mol. The van der Waals surface area contributed by atoms with Gasteiger partial charge in [-0.25, -0.2) is 0 Å². The highest BCUT2D eigenvalue weighted by molar-refractivity contribution is 5.94. The normalized spacial score (nSPS) is 17.2. The summed E-state index contributed by atoms with van der Waals surface area (Å²) in [5, 5.41) is 4.37. The summed E-state index contributed by atoms with van der Waals surface area (Å²) in [7, 11) is 1.69. The molecular formula is C18H23N3O2. The summed E-state index contributed by atoms with van der Waals surface area (Å²) in [5.41, 5.74) is 4.52. The number of nitrogens with zero attached hydrogens (tertiary/aromatic N) is 3. The molecule has 0 saturated heterocycles. The molecule has 0 fully saturated rings. The van der Waals surface area contributed by atoms with Crippen LogP contribution in [0.3, 0.4) is 0 Å². The van der Waals surface area contributed by atoms with Crippen LogP contribution in [-0.2, 0) is 22.5 Å². The van der Waals surface area contributed by atoms with Gasteiger partial charge in [0.2, 0.25) is 5.91 Å². The standard InChI is InChI=1S/C18H23N3O2/c1-13-4-5-16-10-15(6-7-18(16)21(13)14(2)22)17-11-19-20(12-17)8-9-23-3/h6-7,10-13H,4-5,8-9H2,1-3H3/t13-/m0/s1. The minimum Gasteiger partial charge on any atom is -0.383 e. The number of carbonyl (C=O) groups is 1. The number of ether oxygens (including phenoxy) is 1. The van der Waals surface area contributed by atoms with Crippen LogP contribution in [0.5, 0.6) is 0 Å². The van der Waals surface area contributed by atoms with Gasteiger partial charge >= 0.3 is 0 Å². The lowest BCUT2D eigenvalue weighted by Crippen LogP contribution is -2.40. The van der Waals surface area contributed by atoms with E-state index in [0.717, 1.165) is 36.2 Å². The van der Waals surface area contributed by atoms with Crippen LogP contribution in [0.1, 0.15) is 25.8 Å². The van der Waals surface area contributed by atoms with Gasteiger partial charge in [0, 0.05) is 37.5 Å². The van der Waals surface area contributed by atoms with Crippen molar-refractivity contribution in [3.8, 4) is 11.1 Å². The van der Waals surface area contributed by atoms with Gasteiger partial charge in [-0.3, -0.25) is 9.48 Å². The number of carbonyl (C=O) groups excluding carboxylic acids is 1. The molecular weight excluding hydrogens is 290 g/mol. The van der Waals surface area contributed by atoms with Crippen LogP contribution in [-0.4, -0.2) is 35.4 Å². The lowest BCUT2D eigenvalue weighted by Gasteiger charge is -2.34. The van der Waals surface area contributed by atoms with Crippen LogP contribution in [0.15, 0.2) is 30.6 Å². The minimum atomic E-state index is 0.110. The van der Waals surface area contributed by atoms with E-state index in [1.807, 2.05) is 22.0 Å². The van der Waals surface area contributed by atoms with Crippen molar-refractivity contribution in [3.05, 3.63) is 36.2 Å². The molecule has 0 bridgehead atoms. The Bertz CT molecular complexity index is 708. The Morgan fingerprint density at radius 3 is 2.96 bits per heavy atom. The number of rotatable bonds is 4. The maximum absolute atomic E-state index is 11.9. The van der Waals surface area contributed by atoms with E-state index in [1.165, 1.54) is 5.56 Å². The summed E-state index contributed by atoms with van der Waals surface area (Å²) < 4.78 is 6.97. The average molecular weight is 313 g/mol. The summed E-state index contributed by atoms with van der Waals surface area (Å²) >= 11 is 0. The molecule has 122 valence electrons. The second kappa shape index (κ2) is 6.54. The molecule has 0 spiro atoms. The molecule has 5 nitrogen and oxygen atoms in total. The zero-order chi connectivity index (χ0) is 16.4. The Hall–Kier alpha value is -2.14. The summed E-state index contributed by atoms with van der Waals surface area (Å²) in [6, 6.07) is 6.59. The highest BCUT2D eigenvalue weighted by atomic mass is 16.5. The zero-order valence-corrected chi connectivity index (χ0v) is 14.0. The van der Waals surface area contributed by atoms with Crippen LogP contribution in [0.4, 0.5) is 5.69 Å². The maximum Gasteiger partial charge on any atom is 0.224 e. The van der Waals surface area contributed by atoms with E-state index >= 15 is 0 Å². The number of benzene rings is 1. The van der Waals surface area contributed by atoms with Crippen LogP contribution in [0.2, 0.25) is 0 Å². The van der Waals surface area contributed by atoms with Crippen molar-refractivity contribution in [1.29, 1.82) is 0 Å². The van der Waals surface area contributed by atoms with Gasteiger partial charge in [0.05, 0.1) is 19.3 Å². The van der Waals surface area contributed by atoms with Crippen molar-refractivity contribution in [3.63, 3.8) is 0 Å². The molecule has 1 aromatic heterocycles. The van der Waals surface area contributed by atoms with E-state index in [4.69, 9.17) is 4.74 Å². The molecule has 23 heavy (non-hydrogen) atoms. The average Bonchev–Trinajstić information content (AvgIpc) is 3.00.